The van der Waals surface area contributed by atoms with E-state index in [9.17, 15) is 0 Å². The predicted molar refractivity (Wildman–Crippen MR) is 94.2 cm³/mol. The monoisotopic (exact) mass is 282 g/mol. The Kier molecular flexibility index (Phi) is 14.0. The zero-order valence-corrected chi connectivity index (χ0v) is 15.2. The summed E-state index contributed by atoms with van der Waals surface area (Å²) < 4.78 is 0. The summed E-state index contributed by atoms with van der Waals surface area (Å²) >= 11 is 0. The molecule has 1 fully saturated rings. The van der Waals surface area contributed by atoms with Gasteiger partial charge in [0, 0.05) is 0 Å². The summed E-state index contributed by atoms with van der Waals surface area (Å²) in [5.74, 6) is 3.11. The molecule has 122 valence electrons. The normalized spacial score (nSPS) is 23.9. The Balaban J connectivity index is 0.000000511. The Morgan fingerprint density at radius 3 is 1.90 bits per heavy atom. The molecular weight excluding hydrogens is 240 g/mol. The van der Waals surface area contributed by atoms with E-state index in [-0.39, 0.29) is 0 Å². The van der Waals surface area contributed by atoms with E-state index in [1.807, 2.05) is 0 Å². The van der Waals surface area contributed by atoms with Crippen molar-refractivity contribution in [1.29, 1.82) is 0 Å². The molecule has 0 N–H and O–H groups in total. The third kappa shape index (κ3) is 9.83. The van der Waals surface area contributed by atoms with Crippen LogP contribution in [0.15, 0.2) is 0 Å². The van der Waals surface area contributed by atoms with Gasteiger partial charge in [0.15, 0.2) is 0 Å². The van der Waals surface area contributed by atoms with Crippen LogP contribution in [0.3, 0.4) is 0 Å². The lowest BCUT2D eigenvalue weighted by molar-refractivity contribution is 0.188. The lowest BCUT2D eigenvalue weighted by atomic mass is 9.73. The molecule has 1 saturated carbocycles. The van der Waals surface area contributed by atoms with Crippen molar-refractivity contribution in [1.82, 2.24) is 0 Å². The van der Waals surface area contributed by atoms with E-state index < -0.39 is 0 Å². The van der Waals surface area contributed by atoms with Crippen molar-refractivity contribution >= 4 is 0 Å². The van der Waals surface area contributed by atoms with Crippen LogP contribution in [0, 0.1) is 17.8 Å². The van der Waals surface area contributed by atoms with Crippen molar-refractivity contribution in [2.45, 2.75) is 112 Å². The van der Waals surface area contributed by atoms with Gasteiger partial charge in [-0.2, -0.15) is 0 Å². The molecule has 1 aliphatic rings. The van der Waals surface area contributed by atoms with E-state index in [2.05, 4.69) is 34.6 Å². The lowest BCUT2D eigenvalue weighted by Gasteiger charge is -2.33. The molecule has 0 heteroatoms. The third-order valence-corrected chi connectivity index (χ3v) is 5.05. The largest absolute Gasteiger partial charge is 0.0654 e. The van der Waals surface area contributed by atoms with Gasteiger partial charge < -0.3 is 0 Å². The highest BCUT2D eigenvalue weighted by atomic mass is 14.3. The predicted octanol–water partition coefficient (Wildman–Crippen LogP) is 7.62. The van der Waals surface area contributed by atoms with Gasteiger partial charge in [0.25, 0.3) is 0 Å². The molecule has 0 radical (unpaired) electrons. The molecule has 3 atom stereocenters. The minimum absolute atomic E-state index is 1.00. The van der Waals surface area contributed by atoms with E-state index in [1.165, 1.54) is 77.0 Å². The summed E-state index contributed by atoms with van der Waals surface area (Å²) in [6.07, 6.45) is 17.3. The molecule has 0 aliphatic heterocycles. The van der Waals surface area contributed by atoms with Gasteiger partial charge >= 0.3 is 0 Å². The van der Waals surface area contributed by atoms with Crippen LogP contribution in [-0.4, -0.2) is 0 Å². The first-order chi connectivity index (χ1) is 9.69. The molecule has 0 bridgehead atoms. The van der Waals surface area contributed by atoms with Gasteiger partial charge in [-0.1, -0.05) is 105 Å². The van der Waals surface area contributed by atoms with Crippen molar-refractivity contribution in [3.05, 3.63) is 0 Å². The van der Waals surface area contributed by atoms with Gasteiger partial charge in [0.2, 0.25) is 0 Å². The fourth-order valence-electron chi connectivity index (χ4n) is 3.65. The average Bonchev–Trinajstić information content (AvgIpc) is 2.47. The first-order valence-corrected chi connectivity index (χ1v) is 9.69. The minimum Gasteiger partial charge on any atom is -0.0654 e. The molecule has 0 heterocycles. The van der Waals surface area contributed by atoms with Crippen molar-refractivity contribution in [2.24, 2.45) is 17.8 Å². The van der Waals surface area contributed by atoms with Crippen LogP contribution in [0.1, 0.15) is 112 Å². The Bertz CT molecular complexity index is 180. The minimum atomic E-state index is 1.00. The Morgan fingerprint density at radius 1 is 0.850 bits per heavy atom. The van der Waals surface area contributed by atoms with Crippen LogP contribution in [0.2, 0.25) is 0 Å². The molecule has 3 unspecified atom stereocenters. The number of hydrogen-bond acceptors (Lipinski definition) is 0. The zero-order valence-electron chi connectivity index (χ0n) is 15.2. The van der Waals surface area contributed by atoms with Crippen molar-refractivity contribution in [3.63, 3.8) is 0 Å². The van der Waals surface area contributed by atoms with Crippen molar-refractivity contribution in [2.75, 3.05) is 0 Å². The van der Waals surface area contributed by atoms with Crippen LogP contribution in [-0.2, 0) is 0 Å². The Hall–Kier alpha value is 0. The molecule has 0 aromatic heterocycles. The fourth-order valence-corrected chi connectivity index (χ4v) is 3.65. The topological polar surface area (TPSA) is 0 Å². The van der Waals surface area contributed by atoms with Gasteiger partial charge in [-0.3, -0.25) is 0 Å². The lowest BCUT2D eigenvalue weighted by Crippen LogP contribution is -2.21. The summed E-state index contributed by atoms with van der Waals surface area (Å²) in [6, 6.07) is 0. The van der Waals surface area contributed by atoms with Gasteiger partial charge in [-0.25, -0.2) is 0 Å². The Morgan fingerprint density at radius 2 is 1.45 bits per heavy atom. The molecule has 0 nitrogen and oxygen atoms in total. The molecule has 1 rings (SSSR count). The molecule has 0 saturated heterocycles. The molecule has 0 amide bonds. The zero-order chi connectivity index (χ0) is 15.2. The van der Waals surface area contributed by atoms with Crippen LogP contribution >= 0.6 is 0 Å². The standard InChI is InChI=1S/C14H28.C6H14/c1-4-6-9-13(5-2)14-10-7-8-12(3)11-14;1-3-5-6-4-2/h12-14H,4-11H2,1-3H3;3-6H2,1-2H3. The van der Waals surface area contributed by atoms with E-state index in [1.54, 1.807) is 0 Å². The highest BCUT2D eigenvalue weighted by Crippen LogP contribution is 2.36. The van der Waals surface area contributed by atoms with Crippen LogP contribution in [0.25, 0.3) is 0 Å². The van der Waals surface area contributed by atoms with Crippen molar-refractivity contribution < 1.29 is 0 Å². The maximum atomic E-state index is 2.44. The van der Waals surface area contributed by atoms with Crippen molar-refractivity contribution in [3.8, 4) is 0 Å². The molecule has 20 heavy (non-hydrogen) atoms. The molecule has 0 aromatic carbocycles. The van der Waals surface area contributed by atoms with E-state index in [0.29, 0.717) is 0 Å². The second-order valence-electron chi connectivity index (χ2n) is 7.05. The third-order valence-electron chi connectivity index (χ3n) is 5.05. The van der Waals surface area contributed by atoms with Gasteiger partial charge in [-0.05, 0) is 24.2 Å². The van der Waals surface area contributed by atoms with E-state index >= 15 is 0 Å². The van der Waals surface area contributed by atoms with Crippen LogP contribution in [0.4, 0.5) is 0 Å². The molecule has 0 aromatic rings. The van der Waals surface area contributed by atoms with Crippen LogP contribution < -0.4 is 0 Å². The SMILES string of the molecule is CCCCC(CC)C1CCCC(C)C1.CCCCCC. The quantitative estimate of drug-likeness (QED) is 0.402. The molecule has 1 aliphatic carbocycles. The summed E-state index contributed by atoms with van der Waals surface area (Å²) in [5.41, 5.74) is 0. The highest BCUT2D eigenvalue weighted by molar-refractivity contribution is 4.76. The fraction of sp³-hybridized carbons (Fsp3) is 1.00. The van der Waals surface area contributed by atoms with E-state index in [4.69, 9.17) is 0 Å². The number of hydrogen-bond donors (Lipinski definition) is 0. The Labute approximate surface area is 130 Å². The second-order valence-corrected chi connectivity index (χ2v) is 7.05. The number of unbranched alkanes of at least 4 members (excludes halogenated alkanes) is 4. The summed E-state index contributed by atoms with van der Waals surface area (Å²) in [7, 11) is 0. The number of rotatable bonds is 8. The van der Waals surface area contributed by atoms with Gasteiger partial charge in [0.1, 0.15) is 0 Å². The molecular formula is C20H42. The maximum Gasteiger partial charge on any atom is -0.0383 e. The summed E-state index contributed by atoms with van der Waals surface area (Å²) in [4.78, 5) is 0. The first kappa shape index (κ1) is 20.0. The summed E-state index contributed by atoms with van der Waals surface area (Å²) in [5, 5.41) is 0. The van der Waals surface area contributed by atoms with Crippen LogP contribution in [0.5, 0.6) is 0 Å². The highest BCUT2D eigenvalue weighted by Gasteiger charge is 2.24. The summed E-state index contributed by atoms with van der Waals surface area (Å²) in [6.45, 7) is 11.6. The maximum absolute atomic E-state index is 2.44. The van der Waals surface area contributed by atoms with Gasteiger partial charge in [0.05, 0.1) is 0 Å². The van der Waals surface area contributed by atoms with Gasteiger partial charge in [-0.15, -0.1) is 0 Å². The molecule has 0 spiro atoms. The smallest absolute Gasteiger partial charge is 0.0383 e. The first-order valence-electron chi connectivity index (χ1n) is 9.69. The van der Waals surface area contributed by atoms with E-state index in [0.717, 1.165) is 17.8 Å². The second kappa shape index (κ2) is 14.0. The average molecular weight is 283 g/mol.